The van der Waals surface area contributed by atoms with E-state index in [2.05, 4.69) is 22.8 Å². The number of hydrogen-bond donors (Lipinski definition) is 2. The van der Waals surface area contributed by atoms with E-state index in [1.54, 1.807) is 6.07 Å². The number of anilines is 1. The van der Waals surface area contributed by atoms with Gasteiger partial charge in [0.15, 0.2) is 5.82 Å². The van der Waals surface area contributed by atoms with Crippen molar-refractivity contribution in [2.24, 2.45) is 5.73 Å². The van der Waals surface area contributed by atoms with Gasteiger partial charge in [0.2, 0.25) is 0 Å². The van der Waals surface area contributed by atoms with Gasteiger partial charge in [0.05, 0.1) is 5.52 Å². The van der Waals surface area contributed by atoms with E-state index in [9.17, 15) is 4.79 Å². The van der Waals surface area contributed by atoms with Gasteiger partial charge in [-0.2, -0.15) is 0 Å². The maximum absolute atomic E-state index is 11.0. The van der Waals surface area contributed by atoms with E-state index in [0.717, 1.165) is 15.2 Å². The largest absolute Gasteiger partial charge is 0.350 e. The number of hydrogen-bond acceptors (Lipinski definition) is 4. The first-order valence-electron chi connectivity index (χ1n) is 4.18. The lowest BCUT2D eigenvalue weighted by molar-refractivity contribution is 0.257. The number of nitrogens with two attached hydrogens (primary N) is 1. The first kappa shape index (κ1) is 9.72. The number of amides is 2. The second-order valence-corrected chi connectivity index (χ2v) is 3.26. The van der Waals surface area contributed by atoms with Crippen LogP contribution in [0.25, 0.3) is 10.9 Å². The summed E-state index contributed by atoms with van der Waals surface area (Å²) in [7, 11) is 0. The fourth-order valence-corrected chi connectivity index (χ4v) is 1.42. The van der Waals surface area contributed by atoms with Crippen molar-refractivity contribution in [1.82, 2.24) is 9.97 Å². The van der Waals surface area contributed by atoms with Crippen LogP contribution in [0.3, 0.4) is 0 Å². The smallest absolute Gasteiger partial charge is 0.330 e. The lowest BCUT2D eigenvalue weighted by Gasteiger charge is -2.12. The molecule has 2 aromatic rings. The number of primary amides is 1. The topological polar surface area (TPSA) is 72.1 Å². The second kappa shape index (κ2) is 3.74. The fraction of sp³-hybridized carbons (Fsp3) is 0. The Balaban J connectivity index is 2.65. The van der Waals surface area contributed by atoms with E-state index in [0.29, 0.717) is 5.82 Å². The van der Waals surface area contributed by atoms with E-state index in [1.807, 2.05) is 18.2 Å². The van der Waals surface area contributed by atoms with Crippen LogP contribution in [0.15, 0.2) is 30.6 Å². The van der Waals surface area contributed by atoms with Crippen LogP contribution >= 0.6 is 12.8 Å². The van der Waals surface area contributed by atoms with Gasteiger partial charge in [-0.3, -0.25) is 0 Å². The molecule has 0 aliphatic carbocycles. The molecule has 0 unspecified atom stereocenters. The van der Waals surface area contributed by atoms with Gasteiger partial charge in [0, 0.05) is 5.39 Å². The molecule has 0 radical (unpaired) electrons. The van der Waals surface area contributed by atoms with Crippen molar-refractivity contribution in [3.05, 3.63) is 30.6 Å². The van der Waals surface area contributed by atoms with Crippen molar-refractivity contribution < 1.29 is 4.79 Å². The summed E-state index contributed by atoms with van der Waals surface area (Å²) in [5.41, 5.74) is 5.85. The Morgan fingerprint density at radius 1 is 1.33 bits per heavy atom. The zero-order chi connectivity index (χ0) is 10.8. The standard InChI is InChI=1S/C9H8N4OS/c10-9(14)13(15)8-6-3-1-2-4-7(6)11-5-12-8/h1-5,15H,(H2,10,14). The third-order valence-electron chi connectivity index (χ3n) is 1.93. The highest BCUT2D eigenvalue weighted by Gasteiger charge is 2.12. The molecule has 1 heterocycles. The van der Waals surface area contributed by atoms with Gasteiger partial charge < -0.3 is 5.73 Å². The fourth-order valence-electron chi connectivity index (χ4n) is 1.26. The van der Waals surface area contributed by atoms with Crippen LogP contribution < -0.4 is 10.0 Å². The lowest BCUT2D eigenvalue weighted by Crippen LogP contribution is -2.28. The van der Waals surface area contributed by atoms with Crippen LogP contribution in [0.4, 0.5) is 10.6 Å². The molecule has 0 aliphatic rings. The van der Waals surface area contributed by atoms with Crippen molar-refractivity contribution in [2.45, 2.75) is 0 Å². The summed E-state index contributed by atoms with van der Waals surface area (Å²) in [4.78, 5) is 19.0. The number of carbonyl (C=O) groups excluding carboxylic acids is 1. The zero-order valence-electron chi connectivity index (χ0n) is 7.66. The first-order chi connectivity index (χ1) is 7.20. The predicted octanol–water partition coefficient (Wildman–Crippen LogP) is 1.36. The number of nitrogens with zero attached hydrogens (tertiary/aromatic N) is 3. The molecule has 0 saturated carbocycles. The number of benzene rings is 1. The Morgan fingerprint density at radius 2 is 2.07 bits per heavy atom. The predicted molar refractivity (Wildman–Crippen MR) is 60.6 cm³/mol. The summed E-state index contributed by atoms with van der Waals surface area (Å²) < 4.78 is 0.990. The molecule has 1 aromatic heterocycles. The summed E-state index contributed by atoms with van der Waals surface area (Å²) in [5.74, 6) is 0.386. The van der Waals surface area contributed by atoms with E-state index < -0.39 is 6.03 Å². The number of para-hydroxylation sites is 1. The number of fused-ring (bicyclic) bond motifs is 1. The Bertz CT molecular complexity index is 511. The molecule has 5 nitrogen and oxygen atoms in total. The first-order valence-corrected chi connectivity index (χ1v) is 4.58. The van der Waals surface area contributed by atoms with Crippen LogP contribution in [-0.2, 0) is 0 Å². The number of rotatable bonds is 1. The van der Waals surface area contributed by atoms with Crippen molar-refractivity contribution in [3.63, 3.8) is 0 Å². The molecule has 0 spiro atoms. The highest BCUT2D eigenvalue weighted by atomic mass is 32.1. The maximum atomic E-state index is 11.0. The van der Waals surface area contributed by atoms with E-state index in [1.165, 1.54) is 6.33 Å². The van der Waals surface area contributed by atoms with Crippen molar-refractivity contribution in [1.29, 1.82) is 0 Å². The van der Waals surface area contributed by atoms with Crippen molar-refractivity contribution in [2.75, 3.05) is 4.31 Å². The molecule has 76 valence electrons. The molecule has 2 amide bonds. The average molecular weight is 220 g/mol. The second-order valence-electron chi connectivity index (χ2n) is 2.86. The molecule has 2 rings (SSSR count). The summed E-state index contributed by atoms with van der Waals surface area (Å²) in [6.07, 6.45) is 1.36. The number of carbonyl (C=O) groups is 1. The van der Waals surface area contributed by atoms with Gasteiger partial charge in [-0.25, -0.2) is 19.1 Å². The van der Waals surface area contributed by atoms with Gasteiger partial charge in [-0.05, 0) is 12.1 Å². The molecular weight excluding hydrogens is 212 g/mol. The third-order valence-corrected chi connectivity index (χ3v) is 2.32. The number of thiol groups is 1. The van der Waals surface area contributed by atoms with Crippen LogP contribution in [-0.4, -0.2) is 16.0 Å². The molecular formula is C9H8N4OS. The monoisotopic (exact) mass is 220 g/mol. The quantitative estimate of drug-likeness (QED) is 0.713. The molecule has 0 saturated heterocycles. The van der Waals surface area contributed by atoms with Gasteiger partial charge in [-0.1, -0.05) is 24.9 Å². The van der Waals surface area contributed by atoms with Gasteiger partial charge in [0.25, 0.3) is 0 Å². The minimum atomic E-state index is -0.679. The normalized spacial score (nSPS) is 10.2. The Hall–Kier alpha value is -1.82. The Morgan fingerprint density at radius 3 is 2.80 bits per heavy atom. The summed E-state index contributed by atoms with van der Waals surface area (Å²) in [5, 5.41) is 0.730. The zero-order valence-corrected chi connectivity index (χ0v) is 8.56. The molecule has 0 bridgehead atoms. The van der Waals surface area contributed by atoms with E-state index in [4.69, 9.17) is 5.73 Å². The van der Waals surface area contributed by atoms with Crippen LogP contribution in [0.5, 0.6) is 0 Å². The molecule has 6 heteroatoms. The van der Waals surface area contributed by atoms with Gasteiger partial charge in [0.1, 0.15) is 6.33 Å². The third kappa shape index (κ3) is 1.71. The number of aromatic nitrogens is 2. The summed E-state index contributed by atoms with van der Waals surface area (Å²) >= 11 is 3.96. The highest BCUT2D eigenvalue weighted by Crippen LogP contribution is 2.23. The highest BCUT2D eigenvalue weighted by molar-refractivity contribution is 7.82. The molecule has 2 N–H and O–H groups in total. The van der Waals surface area contributed by atoms with Crippen LogP contribution in [0, 0.1) is 0 Å². The van der Waals surface area contributed by atoms with Crippen molar-refractivity contribution >= 4 is 35.6 Å². The van der Waals surface area contributed by atoms with Crippen LogP contribution in [0.2, 0.25) is 0 Å². The SMILES string of the molecule is NC(=O)N(S)c1ncnc2ccccc12. The molecule has 0 atom stereocenters. The molecule has 1 aromatic carbocycles. The van der Waals surface area contributed by atoms with E-state index in [-0.39, 0.29) is 0 Å². The minimum Gasteiger partial charge on any atom is -0.350 e. The Kier molecular flexibility index (Phi) is 2.42. The van der Waals surface area contributed by atoms with Gasteiger partial charge >= 0.3 is 6.03 Å². The molecule has 0 fully saturated rings. The molecule has 15 heavy (non-hydrogen) atoms. The minimum absolute atomic E-state index is 0.386. The van der Waals surface area contributed by atoms with E-state index >= 15 is 0 Å². The Labute approximate surface area is 91.5 Å². The van der Waals surface area contributed by atoms with Gasteiger partial charge in [-0.15, -0.1) is 0 Å². The molecule has 0 aliphatic heterocycles. The summed E-state index contributed by atoms with van der Waals surface area (Å²) in [6.45, 7) is 0. The number of urea groups is 1. The summed E-state index contributed by atoms with van der Waals surface area (Å²) in [6, 6.07) is 6.63. The lowest BCUT2D eigenvalue weighted by atomic mass is 10.2. The maximum Gasteiger partial charge on any atom is 0.330 e. The van der Waals surface area contributed by atoms with Crippen molar-refractivity contribution in [3.8, 4) is 0 Å². The average Bonchev–Trinajstić information content (AvgIpc) is 2.27. The van der Waals surface area contributed by atoms with Crippen LogP contribution in [0.1, 0.15) is 0 Å².